The van der Waals surface area contributed by atoms with E-state index < -0.39 is 0 Å². The van der Waals surface area contributed by atoms with Crippen molar-refractivity contribution in [3.8, 4) is 0 Å². The predicted octanol–water partition coefficient (Wildman–Crippen LogP) is 1.06. The van der Waals surface area contributed by atoms with Gasteiger partial charge in [0.1, 0.15) is 11.6 Å². The highest BCUT2D eigenvalue weighted by atomic mass is 15.4. The van der Waals surface area contributed by atoms with Gasteiger partial charge in [-0.25, -0.2) is 0 Å². The van der Waals surface area contributed by atoms with E-state index in [4.69, 9.17) is 0 Å². The van der Waals surface area contributed by atoms with Crippen LogP contribution in [0.25, 0.3) is 0 Å². The van der Waals surface area contributed by atoms with E-state index in [0.717, 1.165) is 6.54 Å². The molecule has 2 saturated heterocycles. The Balaban J connectivity index is 1.84. The van der Waals surface area contributed by atoms with E-state index in [1.807, 2.05) is 0 Å². The second kappa shape index (κ2) is 4.11. The smallest absolute Gasteiger partial charge is 0.150 e. The van der Waals surface area contributed by atoms with E-state index in [1.165, 1.54) is 70.2 Å². The molecule has 2 fully saturated rings. The lowest BCUT2D eigenvalue weighted by Crippen LogP contribution is -2.46. The minimum absolute atomic E-state index is 1.08. The van der Waals surface area contributed by atoms with E-state index in [9.17, 15) is 0 Å². The summed E-state index contributed by atoms with van der Waals surface area (Å²) in [5.41, 5.74) is 0. The van der Waals surface area contributed by atoms with Crippen molar-refractivity contribution in [3.05, 3.63) is 23.9 Å². The maximum Gasteiger partial charge on any atom is 0.150 e. The van der Waals surface area contributed by atoms with Gasteiger partial charge >= 0.3 is 0 Å². The predicted molar refractivity (Wildman–Crippen MR) is 71.4 cm³/mol. The van der Waals surface area contributed by atoms with Crippen LogP contribution in [0, 0.1) is 0 Å². The largest absolute Gasteiger partial charge is 0.355 e. The van der Waals surface area contributed by atoms with Crippen LogP contribution >= 0.6 is 0 Å². The molecule has 0 aromatic carbocycles. The second-order valence-electron chi connectivity index (χ2n) is 5.71. The third-order valence-electron chi connectivity index (χ3n) is 4.52. The van der Waals surface area contributed by atoms with Gasteiger partial charge in [-0.1, -0.05) is 0 Å². The fraction of sp³-hybridized carbons (Fsp3) is 0.714. The lowest BCUT2D eigenvalue weighted by Gasteiger charge is -2.43. The van der Waals surface area contributed by atoms with Crippen LogP contribution in [0.3, 0.4) is 0 Å². The van der Waals surface area contributed by atoms with Crippen LogP contribution in [0.15, 0.2) is 23.9 Å². The number of hydrogen-bond donors (Lipinski definition) is 0. The summed E-state index contributed by atoms with van der Waals surface area (Å²) in [5, 5.41) is 0. The summed E-state index contributed by atoms with van der Waals surface area (Å²) in [6, 6.07) is 0. The Morgan fingerprint density at radius 2 is 1.28 bits per heavy atom. The summed E-state index contributed by atoms with van der Waals surface area (Å²) >= 11 is 0. The highest BCUT2D eigenvalue weighted by molar-refractivity contribution is 5.21. The summed E-state index contributed by atoms with van der Waals surface area (Å²) in [4.78, 5) is 10.3. The Morgan fingerprint density at radius 1 is 0.667 bits per heavy atom. The molecule has 0 unspecified atom stereocenters. The molecule has 0 spiro atoms. The summed E-state index contributed by atoms with van der Waals surface area (Å²) in [7, 11) is 0. The van der Waals surface area contributed by atoms with E-state index >= 15 is 0 Å². The van der Waals surface area contributed by atoms with Gasteiger partial charge in [0, 0.05) is 52.0 Å². The molecule has 0 aromatic rings. The van der Waals surface area contributed by atoms with Crippen molar-refractivity contribution in [1.82, 2.24) is 19.6 Å². The van der Waals surface area contributed by atoms with Crippen LogP contribution in [-0.2, 0) is 0 Å². The first-order valence-electron chi connectivity index (χ1n) is 7.36. The van der Waals surface area contributed by atoms with Gasteiger partial charge in [0.25, 0.3) is 0 Å². The first-order valence-corrected chi connectivity index (χ1v) is 7.36. The maximum atomic E-state index is 2.63. The summed E-state index contributed by atoms with van der Waals surface area (Å²) < 4.78 is 0. The second-order valence-corrected chi connectivity index (χ2v) is 5.71. The van der Waals surface area contributed by atoms with E-state index in [0.29, 0.717) is 0 Å². The van der Waals surface area contributed by atoms with Gasteiger partial charge in [-0.3, -0.25) is 0 Å². The highest BCUT2D eigenvalue weighted by Crippen LogP contribution is 2.32. The fourth-order valence-corrected chi connectivity index (χ4v) is 3.75. The Morgan fingerprint density at radius 3 is 2.06 bits per heavy atom. The van der Waals surface area contributed by atoms with Crippen LogP contribution in [0.2, 0.25) is 0 Å². The SMILES string of the molecule is C1=CN2CCCN3CCCN4CCCN(C1)C4=C23. The molecule has 4 aliphatic heterocycles. The molecule has 4 rings (SSSR count). The lowest BCUT2D eigenvalue weighted by molar-refractivity contribution is 0.148. The van der Waals surface area contributed by atoms with Crippen LogP contribution < -0.4 is 0 Å². The topological polar surface area (TPSA) is 13.0 Å². The molecule has 0 saturated carbocycles. The molecule has 0 aliphatic carbocycles. The standard InChI is InChI=1S/C14H22N4/c1-5-15-9-3-11-17-7-2-8-18-12-4-10-16(6-1)13(15)14(17)18/h3,9H,1-2,4-8,10-12H2. The molecule has 4 nitrogen and oxygen atoms in total. The van der Waals surface area contributed by atoms with Crippen molar-refractivity contribution in [3.63, 3.8) is 0 Å². The summed E-state index contributed by atoms with van der Waals surface area (Å²) in [5.74, 6) is 3.01. The van der Waals surface area contributed by atoms with Crippen molar-refractivity contribution in [2.24, 2.45) is 0 Å². The molecule has 18 heavy (non-hydrogen) atoms. The van der Waals surface area contributed by atoms with Crippen LogP contribution in [0.5, 0.6) is 0 Å². The van der Waals surface area contributed by atoms with Crippen LogP contribution in [0.1, 0.15) is 19.3 Å². The Hall–Kier alpha value is -1.32. The molecule has 0 radical (unpaired) electrons. The van der Waals surface area contributed by atoms with E-state index in [1.54, 1.807) is 0 Å². The van der Waals surface area contributed by atoms with Gasteiger partial charge in [0.2, 0.25) is 0 Å². The molecule has 0 atom stereocenters. The molecular formula is C14H22N4. The normalized spacial score (nSPS) is 27.1. The Labute approximate surface area is 109 Å². The quantitative estimate of drug-likeness (QED) is 0.633. The average molecular weight is 246 g/mol. The molecule has 4 aliphatic rings. The number of nitrogens with zero attached hydrogens (tertiary/aromatic N) is 4. The molecule has 4 heteroatoms. The summed E-state index contributed by atoms with van der Waals surface area (Å²) in [6.07, 6.45) is 8.56. The first-order chi connectivity index (χ1) is 8.93. The van der Waals surface area contributed by atoms with Crippen molar-refractivity contribution in [2.75, 3.05) is 45.8 Å². The number of rotatable bonds is 0. The van der Waals surface area contributed by atoms with Gasteiger partial charge in [-0.2, -0.15) is 0 Å². The zero-order valence-electron chi connectivity index (χ0n) is 11.0. The fourth-order valence-electron chi connectivity index (χ4n) is 3.75. The van der Waals surface area contributed by atoms with Gasteiger partial charge in [0.05, 0.1) is 0 Å². The number of hydrogen-bond acceptors (Lipinski definition) is 4. The summed E-state index contributed by atoms with van der Waals surface area (Å²) in [6.45, 7) is 8.45. The van der Waals surface area contributed by atoms with Gasteiger partial charge in [0.15, 0.2) is 0 Å². The van der Waals surface area contributed by atoms with Crippen LogP contribution in [-0.4, -0.2) is 65.4 Å². The Bertz CT molecular complexity index is 401. The van der Waals surface area contributed by atoms with Gasteiger partial charge in [-0.15, -0.1) is 0 Å². The first kappa shape index (κ1) is 10.6. The maximum absolute atomic E-state index is 2.63. The molecule has 0 aromatic heterocycles. The van der Waals surface area contributed by atoms with Gasteiger partial charge < -0.3 is 19.6 Å². The van der Waals surface area contributed by atoms with Crippen LogP contribution in [0.4, 0.5) is 0 Å². The zero-order valence-corrected chi connectivity index (χ0v) is 11.0. The molecule has 0 bridgehead atoms. The van der Waals surface area contributed by atoms with Crippen molar-refractivity contribution < 1.29 is 0 Å². The van der Waals surface area contributed by atoms with Crippen molar-refractivity contribution in [2.45, 2.75) is 19.3 Å². The molecule has 0 amide bonds. The zero-order chi connectivity index (χ0) is 11.9. The average Bonchev–Trinajstić information content (AvgIpc) is 2.70. The monoisotopic (exact) mass is 246 g/mol. The van der Waals surface area contributed by atoms with Gasteiger partial charge in [-0.05, 0) is 25.3 Å². The third kappa shape index (κ3) is 1.51. The molecule has 4 heterocycles. The lowest BCUT2D eigenvalue weighted by atomic mass is 10.2. The Kier molecular flexibility index (Phi) is 2.42. The molecular weight excluding hydrogens is 224 g/mol. The molecule has 98 valence electrons. The highest BCUT2D eigenvalue weighted by Gasteiger charge is 2.34. The molecule has 0 N–H and O–H groups in total. The van der Waals surface area contributed by atoms with E-state index in [-0.39, 0.29) is 0 Å². The minimum Gasteiger partial charge on any atom is -0.355 e. The van der Waals surface area contributed by atoms with E-state index in [2.05, 4.69) is 31.9 Å². The van der Waals surface area contributed by atoms with Crippen molar-refractivity contribution in [1.29, 1.82) is 0 Å². The minimum atomic E-state index is 1.08. The third-order valence-corrected chi connectivity index (χ3v) is 4.52. The van der Waals surface area contributed by atoms with Crippen molar-refractivity contribution >= 4 is 0 Å².